The van der Waals surface area contributed by atoms with Crippen LogP contribution >= 0.6 is 0 Å². The molecule has 1 amide bonds. The Balaban J connectivity index is 1.75. The molecule has 0 spiro atoms. The van der Waals surface area contributed by atoms with Gasteiger partial charge in [0.2, 0.25) is 0 Å². The van der Waals surface area contributed by atoms with Crippen molar-refractivity contribution >= 4 is 6.09 Å². The van der Waals surface area contributed by atoms with Crippen molar-refractivity contribution in [3.8, 4) is 0 Å². The number of nitrogens with one attached hydrogen (secondary N) is 1. The molecule has 0 aromatic heterocycles. The Hall–Kier alpha value is -0.810. The van der Waals surface area contributed by atoms with Gasteiger partial charge in [-0.25, -0.2) is 4.79 Å². The quantitative estimate of drug-likeness (QED) is 0.831. The van der Waals surface area contributed by atoms with Gasteiger partial charge in [-0.1, -0.05) is 6.42 Å². The Morgan fingerprint density at radius 2 is 2.00 bits per heavy atom. The molecule has 24 heavy (non-hydrogen) atoms. The van der Waals surface area contributed by atoms with Crippen LogP contribution in [0, 0.1) is 5.92 Å². The first-order valence-electron chi connectivity index (χ1n) is 9.57. The van der Waals surface area contributed by atoms with Gasteiger partial charge in [-0.2, -0.15) is 0 Å². The van der Waals surface area contributed by atoms with E-state index < -0.39 is 5.60 Å². The monoisotopic (exact) mass is 340 g/mol. The molecule has 140 valence electrons. The molecule has 0 radical (unpaired) electrons. The second kappa shape index (κ2) is 8.52. The van der Waals surface area contributed by atoms with E-state index in [1.807, 2.05) is 32.8 Å². The summed E-state index contributed by atoms with van der Waals surface area (Å²) < 4.78 is 11.4. The highest BCUT2D eigenvalue weighted by atomic mass is 16.6. The predicted molar refractivity (Wildman–Crippen MR) is 96.2 cm³/mol. The Bertz CT molecular complexity index is 400. The van der Waals surface area contributed by atoms with Gasteiger partial charge in [0.25, 0.3) is 0 Å². The van der Waals surface area contributed by atoms with Crippen LogP contribution in [-0.4, -0.2) is 55.5 Å². The molecular weight excluding hydrogens is 304 g/mol. The topological polar surface area (TPSA) is 50.8 Å². The van der Waals surface area contributed by atoms with E-state index in [1.54, 1.807) is 0 Å². The fourth-order valence-corrected chi connectivity index (χ4v) is 3.94. The lowest BCUT2D eigenvalue weighted by Gasteiger charge is -2.38. The number of rotatable bonds is 5. The third kappa shape index (κ3) is 5.92. The number of hydrogen-bond donors (Lipinski definition) is 1. The van der Waals surface area contributed by atoms with Crippen LogP contribution in [0.25, 0.3) is 0 Å². The molecule has 2 rings (SSSR count). The average molecular weight is 341 g/mol. The van der Waals surface area contributed by atoms with E-state index in [0.29, 0.717) is 5.92 Å². The third-order valence-corrected chi connectivity index (χ3v) is 5.36. The van der Waals surface area contributed by atoms with E-state index in [1.165, 1.54) is 19.3 Å². The number of carbonyl (C=O) groups is 1. The summed E-state index contributed by atoms with van der Waals surface area (Å²) in [5, 5.41) is 3.41. The number of amides is 1. The van der Waals surface area contributed by atoms with E-state index in [9.17, 15) is 4.79 Å². The van der Waals surface area contributed by atoms with Gasteiger partial charge >= 0.3 is 6.09 Å². The van der Waals surface area contributed by atoms with Crippen molar-refractivity contribution in [2.75, 3.05) is 33.3 Å². The second-order valence-corrected chi connectivity index (χ2v) is 8.46. The predicted octanol–water partition coefficient (Wildman–Crippen LogP) is 3.57. The highest BCUT2D eigenvalue weighted by Crippen LogP contribution is 2.31. The summed E-state index contributed by atoms with van der Waals surface area (Å²) in [6.07, 6.45) is 7.87. The molecule has 5 heteroatoms. The minimum absolute atomic E-state index is 0.0742. The van der Waals surface area contributed by atoms with E-state index >= 15 is 0 Å². The van der Waals surface area contributed by atoms with E-state index in [2.05, 4.69) is 5.32 Å². The smallest absolute Gasteiger partial charge is 0.410 e. The van der Waals surface area contributed by atoms with E-state index in [4.69, 9.17) is 9.47 Å². The molecule has 5 nitrogen and oxygen atoms in total. The molecule has 2 heterocycles. The lowest BCUT2D eigenvalue weighted by Crippen LogP contribution is -2.44. The van der Waals surface area contributed by atoms with E-state index in [0.717, 1.165) is 51.9 Å². The highest BCUT2D eigenvalue weighted by molar-refractivity contribution is 5.68. The molecule has 0 saturated carbocycles. The molecule has 1 unspecified atom stereocenters. The number of carbonyl (C=O) groups excluding carboxylic acids is 1. The summed E-state index contributed by atoms with van der Waals surface area (Å²) in [4.78, 5) is 14.2. The minimum Gasteiger partial charge on any atom is -0.444 e. The Kier molecular flexibility index (Phi) is 6.93. The largest absolute Gasteiger partial charge is 0.444 e. The summed E-state index contributed by atoms with van der Waals surface area (Å²) in [5.74, 6) is 0.599. The zero-order valence-electron chi connectivity index (χ0n) is 16.0. The van der Waals surface area contributed by atoms with Gasteiger partial charge in [0.15, 0.2) is 0 Å². The van der Waals surface area contributed by atoms with Crippen LogP contribution in [0.1, 0.15) is 65.7 Å². The number of likely N-dealkylation sites (tertiary alicyclic amines) is 1. The van der Waals surface area contributed by atoms with Crippen molar-refractivity contribution in [1.29, 1.82) is 0 Å². The number of methoxy groups -OCH3 is 1. The molecule has 0 bridgehead atoms. The van der Waals surface area contributed by atoms with Crippen LogP contribution in [0.2, 0.25) is 0 Å². The molecule has 0 aromatic carbocycles. The molecule has 2 fully saturated rings. The second-order valence-electron chi connectivity index (χ2n) is 8.46. The minimum atomic E-state index is -0.413. The normalized spacial score (nSPS) is 24.7. The summed E-state index contributed by atoms with van der Waals surface area (Å²) in [7, 11) is 1.86. The fraction of sp³-hybridized carbons (Fsp3) is 0.947. The first-order chi connectivity index (χ1) is 11.3. The standard InChI is InChI=1S/C19H36N2O3/c1-18(2,3)24-17(22)21-14-6-8-16(15-21)7-5-9-19(23-4)10-12-20-13-11-19/h16,20H,5-15H2,1-4H3. The molecule has 2 aliphatic rings. The van der Waals surface area contributed by atoms with Crippen molar-refractivity contribution in [3.63, 3.8) is 0 Å². The van der Waals surface area contributed by atoms with Gasteiger partial charge in [0, 0.05) is 20.2 Å². The number of nitrogens with zero attached hydrogens (tertiary/aromatic N) is 1. The number of hydrogen-bond acceptors (Lipinski definition) is 4. The lowest BCUT2D eigenvalue weighted by atomic mass is 9.84. The van der Waals surface area contributed by atoms with Gasteiger partial charge in [-0.05, 0) is 78.3 Å². The SMILES string of the molecule is COC1(CCCC2CCCN(C(=O)OC(C)(C)C)C2)CCNCC1. The van der Waals surface area contributed by atoms with E-state index in [-0.39, 0.29) is 11.7 Å². The Labute approximate surface area is 147 Å². The van der Waals surface area contributed by atoms with Crippen LogP contribution in [0.15, 0.2) is 0 Å². The van der Waals surface area contributed by atoms with Gasteiger partial charge in [0.1, 0.15) is 5.60 Å². The number of piperidine rings is 2. The lowest BCUT2D eigenvalue weighted by molar-refractivity contribution is -0.0431. The molecule has 2 saturated heterocycles. The van der Waals surface area contributed by atoms with Crippen LogP contribution in [0.3, 0.4) is 0 Å². The zero-order chi connectivity index (χ0) is 17.6. The molecule has 2 aliphatic heterocycles. The van der Waals surface area contributed by atoms with Crippen molar-refractivity contribution in [3.05, 3.63) is 0 Å². The van der Waals surface area contributed by atoms with Gasteiger partial charge in [-0.15, -0.1) is 0 Å². The average Bonchev–Trinajstić information content (AvgIpc) is 2.54. The molecule has 1 atom stereocenters. The first-order valence-corrected chi connectivity index (χ1v) is 9.57. The molecular formula is C19H36N2O3. The summed E-state index contributed by atoms with van der Waals surface area (Å²) in [6, 6.07) is 0. The van der Waals surface area contributed by atoms with Crippen molar-refractivity contribution in [1.82, 2.24) is 10.2 Å². The van der Waals surface area contributed by atoms with Crippen LogP contribution in [0.4, 0.5) is 4.79 Å². The summed E-state index contributed by atoms with van der Waals surface area (Å²) in [6.45, 7) is 9.57. The van der Waals surface area contributed by atoms with Crippen LogP contribution in [-0.2, 0) is 9.47 Å². The highest BCUT2D eigenvalue weighted by Gasteiger charge is 2.32. The molecule has 1 N–H and O–H groups in total. The summed E-state index contributed by atoms with van der Waals surface area (Å²) >= 11 is 0. The van der Waals surface area contributed by atoms with Gasteiger partial charge < -0.3 is 19.7 Å². The maximum absolute atomic E-state index is 12.3. The van der Waals surface area contributed by atoms with Crippen LogP contribution in [0.5, 0.6) is 0 Å². The van der Waals surface area contributed by atoms with Crippen molar-refractivity contribution in [2.45, 2.75) is 76.9 Å². The molecule has 0 aliphatic carbocycles. The maximum Gasteiger partial charge on any atom is 0.410 e. The van der Waals surface area contributed by atoms with Crippen molar-refractivity contribution < 1.29 is 14.3 Å². The zero-order valence-corrected chi connectivity index (χ0v) is 16.0. The third-order valence-electron chi connectivity index (χ3n) is 5.36. The van der Waals surface area contributed by atoms with Crippen molar-refractivity contribution in [2.24, 2.45) is 5.92 Å². The number of ether oxygens (including phenoxy) is 2. The Morgan fingerprint density at radius 1 is 1.29 bits per heavy atom. The summed E-state index contributed by atoms with van der Waals surface area (Å²) in [5.41, 5.74) is -0.339. The van der Waals surface area contributed by atoms with Gasteiger partial charge in [-0.3, -0.25) is 0 Å². The maximum atomic E-state index is 12.3. The van der Waals surface area contributed by atoms with Gasteiger partial charge in [0.05, 0.1) is 5.60 Å². The fourth-order valence-electron chi connectivity index (χ4n) is 3.94. The van der Waals surface area contributed by atoms with Crippen LogP contribution < -0.4 is 5.32 Å². The first kappa shape index (κ1) is 19.5. The molecule has 0 aromatic rings. The Morgan fingerprint density at radius 3 is 2.62 bits per heavy atom.